The molecule has 0 fully saturated rings. The molecule has 0 radical (unpaired) electrons. The van der Waals surface area contributed by atoms with E-state index in [4.69, 9.17) is 5.73 Å². The molecule has 1 aromatic rings. The van der Waals surface area contributed by atoms with Crippen molar-refractivity contribution in [2.24, 2.45) is 11.7 Å². The molecule has 0 saturated heterocycles. The van der Waals surface area contributed by atoms with Gasteiger partial charge in [0.15, 0.2) is 0 Å². The van der Waals surface area contributed by atoms with Crippen molar-refractivity contribution in [2.45, 2.75) is 27.3 Å². The lowest BCUT2D eigenvalue weighted by Gasteiger charge is -2.13. The van der Waals surface area contributed by atoms with Gasteiger partial charge in [0.1, 0.15) is 0 Å². The lowest BCUT2D eigenvalue weighted by atomic mass is 10.2. The van der Waals surface area contributed by atoms with Gasteiger partial charge in [0, 0.05) is 17.9 Å². The third kappa shape index (κ3) is 1.89. The van der Waals surface area contributed by atoms with Crippen molar-refractivity contribution in [3.8, 4) is 0 Å². The van der Waals surface area contributed by atoms with E-state index in [0.717, 1.165) is 13.1 Å². The average Bonchev–Trinajstić information content (AvgIpc) is 2.35. The summed E-state index contributed by atoms with van der Waals surface area (Å²) in [5, 5.41) is 0. The Bertz CT molecular complexity index is 231. The van der Waals surface area contributed by atoms with Gasteiger partial charge in [-0.25, -0.2) is 0 Å². The summed E-state index contributed by atoms with van der Waals surface area (Å²) in [6.07, 6.45) is 0. The summed E-state index contributed by atoms with van der Waals surface area (Å²) in [4.78, 5) is 0. The van der Waals surface area contributed by atoms with Crippen molar-refractivity contribution in [3.63, 3.8) is 0 Å². The quantitative estimate of drug-likeness (QED) is 0.728. The van der Waals surface area contributed by atoms with E-state index >= 15 is 0 Å². The molecular weight excluding hydrogens is 148 g/mol. The number of rotatable bonds is 3. The van der Waals surface area contributed by atoms with Crippen molar-refractivity contribution < 1.29 is 0 Å². The molecule has 1 unspecified atom stereocenters. The lowest BCUT2D eigenvalue weighted by molar-refractivity contribution is 0.480. The van der Waals surface area contributed by atoms with Crippen LogP contribution in [-0.4, -0.2) is 11.1 Å². The highest BCUT2D eigenvalue weighted by molar-refractivity contribution is 5.13. The van der Waals surface area contributed by atoms with Crippen LogP contribution in [0.3, 0.4) is 0 Å². The van der Waals surface area contributed by atoms with Crippen LogP contribution < -0.4 is 5.73 Å². The summed E-state index contributed by atoms with van der Waals surface area (Å²) in [7, 11) is 0. The Balaban J connectivity index is 2.73. The summed E-state index contributed by atoms with van der Waals surface area (Å²) in [5.41, 5.74) is 8.23. The van der Waals surface area contributed by atoms with Crippen molar-refractivity contribution >= 4 is 0 Å². The van der Waals surface area contributed by atoms with Gasteiger partial charge in [0.2, 0.25) is 0 Å². The second-order valence-electron chi connectivity index (χ2n) is 3.57. The van der Waals surface area contributed by atoms with E-state index in [2.05, 4.69) is 37.5 Å². The van der Waals surface area contributed by atoms with Crippen molar-refractivity contribution in [1.82, 2.24) is 4.57 Å². The van der Waals surface area contributed by atoms with Crippen LogP contribution in [0.15, 0.2) is 12.1 Å². The highest BCUT2D eigenvalue weighted by atomic mass is 15.0. The molecule has 2 heteroatoms. The minimum atomic E-state index is 0.565. The zero-order valence-electron chi connectivity index (χ0n) is 8.17. The number of nitrogens with two attached hydrogens (primary N) is 1. The molecule has 12 heavy (non-hydrogen) atoms. The average molecular weight is 166 g/mol. The number of nitrogens with zero attached hydrogens (tertiary/aromatic N) is 1. The van der Waals surface area contributed by atoms with Gasteiger partial charge in [-0.2, -0.15) is 0 Å². The molecule has 2 N–H and O–H groups in total. The van der Waals surface area contributed by atoms with E-state index < -0.39 is 0 Å². The molecule has 68 valence electrons. The first-order valence-corrected chi connectivity index (χ1v) is 4.48. The SMILES string of the molecule is Cc1ccc(C)n1CC(C)CN. The fourth-order valence-electron chi connectivity index (χ4n) is 1.37. The van der Waals surface area contributed by atoms with Crippen LogP contribution >= 0.6 is 0 Å². The molecule has 1 rings (SSSR count). The molecule has 0 aliphatic rings. The standard InChI is InChI=1S/C10H18N2/c1-8(6-11)7-12-9(2)4-5-10(12)3/h4-5,8H,6-7,11H2,1-3H3. The van der Waals surface area contributed by atoms with E-state index in [1.807, 2.05) is 0 Å². The van der Waals surface area contributed by atoms with Crippen molar-refractivity contribution in [1.29, 1.82) is 0 Å². The molecule has 0 bridgehead atoms. The summed E-state index contributed by atoms with van der Waals surface area (Å²) in [6, 6.07) is 4.30. The first kappa shape index (κ1) is 9.33. The molecule has 1 atom stereocenters. The van der Waals surface area contributed by atoms with Gasteiger partial charge >= 0.3 is 0 Å². The number of aromatic nitrogens is 1. The maximum Gasteiger partial charge on any atom is 0.0262 e. The van der Waals surface area contributed by atoms with E-state index in [-0.39, 0.29) is 0 Å². The molecule has 0 aromatic carbocycles. The molecular formula is C10H18N2. The first-order chi connectivity index (χ1) is 5.65. The zero-order chi connectivity index (χ0) is 9.14. The monoisotopic (exact) mass is 166 g/mol. The molecule has 0 saturated carbocycles. The Hall–Kier alpha value is -0.760. The number of hydrogen-bond donors (Lipinski definition) is 1. The van der Waals surface area contributed by atoms with Crippen LogP contribution in [0.4, 0.5) is 0 Å². The third-order valence-electron chi connectivity index (χ3n) is 2.31. The van der Waals surface area contributed by atoms with Crippen LogP contribution in [0.5, 0.6) is 0 Å². The summed E-state index contributed by atoms with van der Waals surface area (Å²) in [5.74, 6) is 0.565. The molecule has 1 aromatic heterocycles. The smallest absolute Gasteiger partial charge is 0.0262 e. The van der Waals surface area contributed by atoms with Gasteiger partial charge in [0.05, 0.1) is 0 Å². The van der Waals surface area contributed by atoms with Crippen molar-refractivity contribution in [2.75, 3.05) is 6.54 Å². The Morgan fingerprint density at radius 2 is 1.83 bits per heavy atom. The zero-order valence-corrected chi connectivity index (χ0v) is 8.17. The minimum Gasteiger partial charge on any atom is -0.349 e. The fraction of sp³-hybridized carbons (Fsp3) is 0.600. The van der Waals surface area contributed by atoms with Crippen LogP contribution in [0.1, 0.15) is 18.3 Å². The fourth-order valence-corrected chi connectivity index (χ4v) is 1.37. The second kappa shape index (κ2) is 3.76. The van der Waals surface area contributed by atoms with E-state index in [0.29, 0.717) is 5.92 Å². The Morgan fingerprint density at radius 1 is 1.33 bits per heavy atom. The Morgan fingerprint density at radius 3 is 2.25 bits per heavy atom. The van der Waals surface area contributed by atoms with Crippen LogP contribution in [0.2, 0.25) is 0 Å². The molecule has 2 nitrogen and oxygen atoms in total. The molecule has 0 amide bonds. The molecule has 0 spiro atoms. The van der Waals surface area contributed by atoms with Gasteiger partial charge < -0.3 is 10.3 Å². The molecule has 0 aliphatic heterocycles. The van der Waals surface area contributed by atoms with E-state index in [1.165, 1.54) is 11.4 Å². The van der Waals surface area contributed by atoms with Crippen molar-refractivity contribution in [3.05, 3.63) is 23.5 Å². The largest absolute Gasteiger partial charge is 0.349 e. The number of hydrogen-bond acceptors (Lipinski definition) is 1. The number of aryl methyl sites for hydroxylation is 2. The van der Waals surface area contributed by atoms with Crippen LogP contribution in [0.25, 0.3) is 0 Å². The summed E-state index contributed by atoms with van der Waals surface area (Å²) < 4.78 is 2.32. The van der Waals surface area contributed by atoms with Gasteiger partial charge in [-0.1, -0.05) is 6.92 Å². The topological polar surface area (TPSA) is 30.9 Å². The maximum absolute atomic E-state index is 5.58. The van der Waals surface area contributed by atoms with Gasteiger partial charge in [-0.3, -0.25) is 0 Å². The third-order valence-corrected chi connectivity index (χ3v) is 2.31. The predicted octanol–water partition coefficient (Wildman–Crippen LogP) is 1.70. The maximum atomic E-state index is 5.58. The van der Waals surface area contributed by atoms with Gasteiger partial charge in [0.25, 0.3) is 0 Å². The Labute approximate surface area is 74.4 Å². The first-order valence-electron chi connectivity index (χ1n) is 4.48. The Kier molecular flexibility index (Phi) is 2.93. The van der Waals surface area contributed by atoms with E-state index in [1.54, 1.807) is 0 Å². The highest BCUT2D eigenvalue weighted by Gasteiger charge is 2.04. The van der Waals surface area contributed by atoms with Crippen LogP contribution in [-0.2, 0) is 6.54 Å². The second-order valence-corrected chi connectivity index (χ2v) is 3.57. The minimum absolute atomic E-state index is 0.565. The van der Waals surface area contributed by atoms with Crippen LogP contribution in [0, 0.1) is 19.8 Å². The highest BCUT2D eigenvalue weighted by Crippen LogP contribution is 2.09. The van der Waals surface area contributed by atoms with Gasteiger partial charge in [-0.05, 0) is 38.4 Å². The van der Waals surface area contributed by atoms with Gasteiger partial charge in [-0.15, -0.1) is 0 Å². The molecule has 1 heterocycles. The summed E-state index contributed by atoms with van der Waals surface area (Å²) in [6.45, 7) is 8.25. The summed E-state index contributed by atoms with van der Waals surface area (Å²) >= 11 is 0. The predicted molar refractivity (Wildman–Crippen MR) is 52.1 cm³/mol. The normalized spacial score (nSPS) is 13.3. The van der Waals surface area contributed by atoms with E-state index in [9.17, 15) is 0 Å². The molecule has 0 aliphatic carbocycles. The lowest BCUT2D eigenvalue weighted by Crippen LogP contribution is -2.18.